The fraction of sp³-hybridized carbons (Fsp3) is 0.538. The first-order valence-corrected chi connectivity index (χ1v) is 5.44. The molecule has 0 radical (unpaired) electrons. The maximum atomic E-state index is 5.21. The number of hydrogen-bond donors (Lipinski definition) is 0. The van der Waals surface area contributed by atoms with Gasteiger partial charge in [0.25, 0.3) is 0 Å². The summed E-state index contributed by atoms with van der Waals surface area (Å²) in [5.41, 5.74) is 2.55. The fourth-order valence-corrected chi connectivity index (χ4v) is 1.40. The zero-order valence-electron chi connectivity index (χ0n) is 10.7. The number of rotatable bonds is 3. The third kappa shape index (κ3) is 3.46. The third-order valence-corrected chi connectivity index (χ3v) is 2.22. The predicted molar refractivity (Wildman–Crippen MR) is 65.0 cm³/mol. The van der Waals surface area contributed by atoms with Gasteiger partial charge in [-0.2, -0.15) is 0 Å². The van der Waals surface area contributed by atoms with E-state index in [9.17, 15) is 0 Å². The molecule has 0 bridgehead atoms. The Morgan fingerprint density at radius 2 is 1.47 bits per heavy atom. The summed E-state index contributed by atoms with van der Waals surface area (Å²) in [6, 6.07) is 4.05. The van der Waals surface area contributed by atoms with Crippen molar-refractivity contribution in [1.29, 1.82) is 0 Å². The number of benzene rings is 1. The lowest BCUT2D eigenvalue weighted by molar-refractivity contribution is 0.354. The van der Waals surface area contributed by atoms with E-state index in [0.717, 1.165) is 17.9 Å². The fourth-order valence-electron chi connectivity index (χ4n) is 1.40. The van der Waals surface area contributed by atoms with Crippen LogP contribution in [-0.4, -0.2) is 14.2 Å². The standard InChI is InChI=1S/C11H16O2.C2H6/c1-5-9-7-11(13-4)10(12-3)6-8(9)2;1-2/h6-7H,5H2,1-4H3;1-2H3. The summed E-state index contributed by atoms with van der Waals surface area (Å²) in [5, 5.41) is 0. The Hall–Kier alpha value is -1.18. The average Bonchev–Trinajstić information content (AvgIpc) is 2.31. The minimum Gasteiger partial charge on any atom is -0.493 e. The minimum absolute atomic E-state index is 0.803. The molecule has 2 heteroatoms. The van der Waals surface area contributed by atoms with Crippen LogP contribution in [0, 0.1) is 6.92 Å². The zero-order valence-corrected chi connectivity index (χ0v) is 10.7. The molecule has 2 nitrogen and oxygen atoms in total. The summed E-state index contributed by atoms with van der Waals surface area (Å²) in [6.45, 7) is 8.22. The maximum absolute atomic E-state index is 5.21. The summed E-state index contributed by atoms with van der Waals surface area (Å²) in [6.07, 6.45) is 1.02. The van der Waals surface area contributed by atoms with Crippen molar-refractivity contribution in [3.05, 3.63) is 23.3 Å². The lowest BCUT2D eigenvalue weighted by atomic mass is 10.1. The zero-order chi connectivity index (χ0) is 11.8. The molecule has 0 amide bonds. The van der Waals surface area contributed by atoms with Gasteiger partial charge < -0.3 is 9.47 Å². The van der Waals surface area contributed by atoms with Crippen LogP contribution in [0.15, 0.2) is 12.1 Å². The first-order chi connectivity index (χ1) is 7.22. The van der Waals surface area contributed by atoms with E-state index in [1.165, 1.54) is 11.1 Å². The van der Waals surface area contributed by atoms with Crippen LogP contribution in [0.1, 0.15) is 31.9 Å². The van der Waals surface area contributed by atoms with Gasteiger partial charge in [0.1, 0.15) is 0 Å². The molecule has 0 saturated carbocycles. The molecular formula is C13H22O2. The summed E-state index contributed by atoms with van der Waals surface area (Å²) in [4.78, 5) is 0. The Morgan fingerprint density at radius 1 is 1.00 bits per heavy atom. The second-order valence-corrected chi connectivity index (χ2v) is 2.99. The van der Waals surface area contributed by atoms with Gasteiger partial charge >= 0.3 is 0 Å². The van der Waals surface area contributed by atoms with Gasteiger partial charge in [-0.3, -0.25) is 0 Å². The van der Waals surface area contributed by atoms with Gasteiger partial charge in [0, 0.05) is 0 Å². The van der Waals surface area contributed by atoms with Crippen LogP contribution in [0.3, 0.4) is 0 Å². The molecule has 0 atom stereocenters. The second-order valence-electron chi connectivity index (χ2n) is 2.99. The molecule has 0 N–H and O–H groups in total. The number of hydrogen-bond acceptors (Lipinski definition) is 2. The molecule has 1 aromatic rings. The van der Waals surface area contributed by atoms with Crippen LogP contribution in [0.2, 0.25) is 0 Å². The Kier molecular flexibility index (Phi) is 6.59. The van der Waals surface area contributed by atoms with E-state index in [1.807, 2.05) is 26.0 Å². The van der Waals surface area contributed by atoms with Gasteiger partial charge in [0.05, 0.1) is 14.2 Å². The highest BCUT2D eigenvalue weighted by Gasteiger charge is 2.06. The van der Waals surface area contributed by atoms with E-state index < -0.39 is 0 Å². The molecule has 1 rings (SSSR count). The smallest absolute Gasteiger partial charge is 0.161 e. The first-order valence-electron chi connectivity index (χ1n) is 5.44. The highest BCUT2D eigenvalue weighted by atomic mass is 16.5. The van der Waals surface area contributed by atoms with Crippen molar-refractivity contribution in [2.45, 2.75) is 34.1 Å². The minimum atomic E-state index is 0.803. The molecule has 0 aromatic heterocycles. The summed E-state index contributed by atoms with van der Waals surface area (Å²) in [5.74, 6) is 1.61. The number of aryl methyl sites for hydroxylation is 2. The second kappa shape index (κ2) is 7.16. The summed E-state index contributed by atoms with van der Waals surface area (Å²) in [7, 11) is 3.32. The monoisotopic (exact) mass is 210 g/mol. The van der Waals surface area contributed by atoms with Crippen molar-refractivity contribution in [3.8, 4) is 11.5 Å². The van der Waals surface area contributed by atoms with Gasteiger partial charge in [-0.25, -0.2) is 0 Å². The van der Waals surface area contributed by atoms with Crippen LogP contribution in [0.25, 0.3) is 0 Å². The number of ether oxygens (including phenoxy) is 2. The molecule has 0 aliphatic rings. The van der Waals surface area contributed by atoms with Gasteiger partial charge in [0.2, 0.25) is 0 Å². The van der Waals surface area contributed by atoms with Crippen molar-refractivity contribution < 1.29 is 9.47 Å². The van der Waals surface area contributed by atoms with Crippen LogP contribution >= 0.6 is 0 Å². The van der Waals surface area contributed by atoms with Crippen LogP contribution in [0.4, 0.5) is 0 Å². The highest BCUT2D eigenvalue weighted by molar-refractivity contribution is 5.46. The van der Waals surface area contributed by atoms with Crippen LogP contribution in [-0.2, 0) is 6.42 Å². The Bertz CT molecular complexity index is 293. The Balaban J connectivity index is 0.000000921. The van der Waals surface area contributed by atoms with Crippen molar-refractivity contribution in [2.24, 2.45) is 0 Å². The molecule has 86 valence electrons. The predicted octanol–water partition coefficient (Wildman–Crippen LogP) is 3.60. The van der Waals surface area contributed by atoms with Gasteiger partial charge in [-0.15, -0.1) is 0 Å². The van der Waals surface area contributed by atoms with Crippen molar-refractivity contribution >= 4 is 0 Å². The topological polar surface area (TPSA) is 18.5 Å². The molecule has 0 heterocycles. The van der Waals surface area contributed by atoms with Crippen molar-refractivity contribution in [1.82, 2.24) is 0 Å². The molecule has 0 fully saturated rings. The third-order valence-electron chi connectivity index (χ3n) is 2.22. The van der Waals surface area contributed by atoms with Crippen LogP contribution < -0.4 is 9.47 Å². The van der Waals surface area contributed by atoms with E-state index in [0.29, 0.717) is 0 Å². The SMILES string of the molecule is CC.CCc1cc(OC)c(OC)cc1C. The molecule has 0 aliphatic carbocycles. The van der Waals surface area contributed by atoms with E-state index in [1.54, 1.807) is 14.2 Å². The van der Waals surface area contributed by atoms with Crippen LogP contribution in [0.5, 0.6) is 11.5 Å². The molecular weight excluding hydrogens is 188 g/mol. The van der Waals surface area contributed by atoms with Gasteiger partial charge in [-0.1, -0.05) is 20.8 Å². The summed E-state index contributed by atoms with van der Waals surface area (Å²) >= 11 is 0. The van der Waals surface area contributed by atoms with E-state index in [-0.39, 0.29) is 0 Å². The Morgan fingerprint density at radius 3 is 1.87 bits per heavy atom. The molecule has 0 saturated heterocycles. The van der Waals surface area contributed by atoms with E-state index in [4.69, 9.17) is 9.47 Å². The number of methoxy groups -OCH3 is 2. The highest BCUT2D eigenvalue weighted by Crippen LogP contribution is 2.30. The molecule has 0 aliphatic heterocycles. The normalized spacial score (nSPS) is 8.93. The summed E-state index contributed by atoms with van der Waals surface area (Å²) < 4.78 is 10.4. The molecule has 0 spiro atoms. The molecule has 1 aromatic carbocycles. The first kappa shape index (κ1) is 13.8. The quantitative estimate of drug-likeness (QED) is 0.759. The average molecular weight is 210 g/mol. The maximum Gasteiger partial charge on any atom is 0.161 e. The lowest BCUT2D eigenvalue weighted by Crippen LogP contribution is -1.94. The van der Waals surface area contributed by atoms with Gasteiger partial charge in [0.15, 0.2) is 11.5 Å². The van der Waals surface area contributed by atoms with E-state index >= 15 is 0 Å². The lowest BCUT2D eigenvalue weighted by Gasteiger charge is -2.11. The van der Waals surface area contributed by atoms with E-state index in [2.05, 4.69) is 13.8 Å². The molecule has 0 unspecified atom stereocenters. The van der Waals surface area contributed by atoms with Crippen molar-refractivity contribution in [3.63, 3.8) is 0 Å². The van der Waals surface area contributed by atoms with Gasteiger partial charge in [-0.05, 0) is 36.6 Å². The largest absolute Gasteiger partial charge is 0.493 e. The molecule has 15 heavy (non-hydrogen) atoms. The van der Waals surface area contributed by atoms with Crippen molar-refractivity contribution in [2.75, 3.05) is 14.2 Å². The Labute approximate surface area is 93.2 Å².